The molecule has 0 aliphatic heterocycles. The number of halogens is 2. The third-order valence-corrected chi connectivity index (χ3v) is 3.78. The predicted molar refractivity (Wildman–Crippen MR) is 113 cm³/mol. The minimum atomic E-state index is 0. The molecule has 0 N–H and O–H groups in total. The van der Waals surface area contributed by atoms with E-state index in [0.29, 0.717) is 5.92 Å². The van der Waals surface area contributed by atoms with E-state index in [2.05, 4.69) is 83.1 Å². The molecule has 0 saturated heterocycles. The van der Waals surface area contributed by atoms with Gasteiger partial charge in [-0.05, 0) is 0 Å². The molecule has 0 heterocycles. The Morgan fingerprint density at radius 1 is 1.00 bits per heavy atom. The minimum Gasteiger partial charge on any atom is -0.168 e. The largest absolute Gasteiger partial charge is 0.168 e. The van der Waals surface area contributed by atoms with Gasteiger partial charge in [-0.15, -0.1) is 61.4 Å². The zero-order valence-corrected chi connectivity index (χ0v) is 20.5. The molecule has 0 spiro atoms. The van der Waals surface area contributed by atoms with Crippen LogP contribution in [-0.4, -0.2) is 6.88 Å². The Morgan fingerprint density at radius 3 is 1.92 bits per heavy atom. The fourth-order valence-corrected chi connectivity index (χ4v) is 2.23. The van der Waals surface area contributed by atoms with Gasteiger partial charge in [0.05, 0.1) is 0 Å². The van der Waals surface area contributed by atoms with Crippen LogP contribution in [0.2, 0.25) is 0 Å². The molecule has 3 rings (SSSR count). The molecule has 1 atom stereocenters. The van der Waals surface area contributed by atoms with Crippen LogP contribution in [0.15, 0.2) is 59.2 Å². The van der Waals surface area contributed by atoms with Gasteiger partial charge in [-0.2, -0.15) is 28.7 Å². The van der Waals surface area contributed by atoms with Crippen LogP contribution in [0, 0.1) is 26.8 Å². The van der Waals surface area contributed by atoms with Gasteiger partial charge in [0.2, 0.25) is 0 Å². The molecule has 134 valence electrons. The Morgan fingerprint density at radius 2 is 1.54 bits per heavy atom. The summed E-state index contributed by atoms with van der Waals surface area (Å²) in [5.74, 6) is 0.560. The molecular formula is C20H28Cl2SiZr-4. The Balaban J connectivity index is -0.000000131. The smallest absolute Gasteiger partial charge is 0.0809 e. The van der Waals surface area contributed by atoms with Gasteiger partial charge in [0, 0.05) is 0 Å². The molecule has 24 heavy (non-hydrogen) atoms. The van der Waals surface area contributed by atoms with Crippen molar-refractivity contribution in [2.75, 3.05) is 0 Å². The van der Waals surface area contributed by atoms with E-state index in [-0.39, 0.29) is 39.7 Å². The molecule has 1 aliphatic rings. The Labute approximate surface area is 178 Å². The van der Waals surface area contributed by atoms with Crippen molar-refractivity contribution in [3.63, 3.8) is 0 Å². The number of allylic oxidation sites excluding steroid dienone is 4. The van der Waals surface area contributed by atoms with Crippen molar-refractivity contribution in [3.8, 4) is 0 Å². The zero-order valence-electron chi connectivity index (χ0n) is 15.4. The average Bonchev–Trinajstić information content (AvgIpc) is 3.04. The van der Waals surface area contributed by atoms with Crippen molar-refractivity contribution in [1.82, 2.24) is 0 Å². The summed E-state index contributed by atoms with van der Waals surface area (Å²) in [4.78, 5) is 0. The molecule has 1 unspecified atom stereocenters. The molecule has 2 aromatic carbocycles. The van der Waals surface area contributed by atoms with Crippen LogP contribution in [0.5, 0.6) is 0 Å². The topological polar surface area (TPSA) is 0 Å². The second-order valence-corrected chi connectivity index (χ2v) is 4.95. The van der Waals surface area contributed by atoms with Crippen LogP contribution in [0.4, 0.5) is 0 Å². The summed E-state index contributed by atoms with van der Waals surface area (Å²) in [7, 11) is 0. The quantitative estimate of drug-likeness (QED) is 0.307. The molecule has 0 fully saturated rings. The van der Waals surface area contributed by atoms with Gasteiger partial charge in [-0.1, -0.05) is 32.8 Å². The van der Waals surface area contributed by atoms with E-state index in [0.717, 1.165) is 0 Å². The summed E-state index contributed by atoms with van der Waals surface area (Å²) in [5.41, 5.74) is 4.25. The second kappa shape index (κ2) is 16.5. The number of benzene rings is 1. The van der Waals surface area contributed by atoms with Gasteiger partial charge in [0.25, 0.3) is 0 Å². The van der Waals surface area contributed by atoms with Crippen LogP contribution in [0.1, 0.15) is 27.7 Å². The summed E-state index contributed by atoms with van der Waals surface area (Å²) in [6, 6.07) is 14.7. The first-order chi connectivity index (χ1) is 9.59. The van der Waals surface area contributed by atoms with Crippen LogP contribution in [-0.2, 0) is 23.3 Å². The van der Waals surface area contributed by atoms with E-state index in [1.54, 1.807) is 0 Å². The van der Waals surface area contributed by atoms with Crippen LogP contribution >= 0.6 is 24.8 Å². The summed E-state index contributed by atoms with van der Waals surface area (Å²) in [6.45, 7) is 11.7. The van der Waals surface area contributed by atoms with E-state index in [1.165, 1.54) is 50.8 Å². The Hall–Kier alpha value is -0.0100. The van der Waals surface area contributed by atoms with Crippen molar-refractivity contribution in [2.45, 2.75) is 27.7 Å². The summed E-state index contributed by atoms with van der Waals surface area (Å²) in [6.07, 6.45) is 3.36. The van der Waals surface area contributed by atoms with E-state index < -0.39 is 0 Å². The van der Waals surface area contributed by atoms with Crippen molar-refractivity contribution in [3.05, 3.63) is 80.1 Å². The zero-order chi connectivity index (χ0) is 15.1. The van der Waals surface area contributed by atoms with Gasteiger partial charge in [-0.3, -0.25) is 6.08 Å². The monoisotopic (exact) mass is 456 g/mol. The number of hydrogen-bond donors (Lipinski definition) is 0. The van der Waals surface area contributed by atoms with E-state index in [1.807, 2.05) is 0 Å². The summed E-state index contributed by atoms with van der Waals surface area (Å²) < 4.78 is 0. The van der Waals surface area contributed by atoms with Crippen LogP contribution < -0.4 is 0 Å². The Bertz CT molecular complexity index is 599. The third kappa shape index (κ3) is 8.90. The van der Waals surface area contributed by atoms with Gasteiger partial charge in [0.15, 0.2) is 0 Å². The molecule has 0 aromatic heterocycles. The predicted octanol–water partition coefficient (Wildman–Crippen LogP) is 6.64. The maximum absolute atomic E-state index is 3.36. The number of hydrogen-bond acceptors (Lipinski definition) is 0. The van der Waals surface area contributed by atoms with Gasteiger partial charge in [0.1, 0.15) is 0 Å². The van der Waals surface area contributed by atoms with Crippen molar-refractivity contribution in [1.29, 1.82) is 0 Å². The van der Waals surface area contributed by atoms with E-state index in [4.69, 9.17) is 0 Å². The fraction of sp³-hybridized carbons (Fsp3) is 0.250. The van der Waals surface area contributed by atoms with Crippen LogP contribution in [0.25, 0.3) is 10.8 Å². The van der Waals surface area contributed by atoms with E-state index in [9.17, 15) is 0 Å². The molecule has 0 amide bonds. The first kappa shape index (κ1) is 31.7. The Kier molecular flexibility index (Phi) is 21.8. The molecule has 2 aromatic rings. The third-order valence-electron chi connectivity index (χ3n) is 3.78. The van der Waals surface area contributed by atoms with Crippen molar-refractivity contribution < 1.29 is 23.3 Å². The van der Waals surface area contributed by atoms with Crippen LogP contribution in [0.3, 0.4) is 0 Å². The van der Waals surface area contributed by atoms with Gasteiger partial charge >= 0.3 is 30.2 Å². The summed E-state index contributed by atoms with van der Waals surface area (Å²) >= 11 is 1.36. The van der Waals surface area contributed by atoms with Gasteiger partial charge in [-0.25, -0.2) is 5.57 Å². The normalized spacial score (nSPS) is 14.1. The molecule has 4 heteroatoms. The molecule has 1 aliphatic carbocycles. The molecule has 2 radical (unpaired) electrons. The first-order valence-corrected chi connectivity index (χ1v) is 10.9. The van der Waals surface area contributed by atoms with Crippen molar-refractivity contribution in [2.24, 2.45) is 5.92 Å². The fourth-order valence-electron chi connectivity index (χ4n) is 2.23. The SMILES string of the molecule is CC1=[C-]C(C)C(C)=C1C.Cl.Cl.[CH3-].[CH3-].[Si]=[Zr].c1ccc2[cH-]ccc2c1. The van der Waals surface area contributed by atoms with Gasteiger partial charge < -0.3 is 14.9 Å². The average molecular weight is 459 g/mol. The summed E-state index contributed by atoms with van der Waals surface area (Å²) in [5, 5.41) is 2.66. The standard InChI is InChI=1S/C9H7.C9H13.2CH3.2ClH.Si.Zr/c1-2-5-9-7-3-6-8(9)4-1;1-6-5-7(2)9(4)8(6)3;;;;;;/h1-7H;6H,1-4H3;2*1H3;2*1H;;/q4*-1;;;;. The molecule has 0 nitrogen and oxygen atoms in total. The molecular weight excluding hydrogens is 430 g/mol. The molecule has 0 bridgehead atoms. The molecule has 0 saturated carbocycles. The van der Waals surface area contributed by atoms with Crippen molar-refractivity contribution >= 4 is 42.5 Å². The second-order valence-electron chi connectivity index (χ2n) is 4.95. The van der Waals surface area contributed by atoms with E-state index >= 15 is 0 Å². The maximum Gasteiger partial charge on any atom is -0.0809 e. The number of rotatable bonds is 0. The first-order valence-electron chi connectivity index (χ1n) is 6.73. The number of fused-ring (bicyclic) bond motifs is 1. The maximum atomic E-state index is 3.36. The minimum absolute atomic E-state index is 0.